The van der Waals surface area contributed by atoms with Crippen molar-refractivity contribution < 1.29 is 4.79 Å². The van der Waals surface area contributed by atoms with Gasteiger partial charge in [0.25, 0.3) is 5.91 Å². The molecule has 0 spiro atoms. The molecule has 0 radical (unpaired) electrons. The van der Waals surface area contributed by atoms with Crippen LogP contribution in [0.4, 0.5) is 0 Å². The minimum atomic E-state index is -0.00726. The van der Waals surface area contributed by atoms with E-state index in [4.69, 9.17) is 0 Å². The van der Waals surface area contributed by atoms with Gasteiger partial charge in [0, 0.05) is 32.4 Å². The predicted octanol–water partition coefficient (Wildman–Crippen LogP) is 0.692. The van der Waals surface area contributed by atoms with E-state index in [1.54, 1.807) is 0 Å². The average molecular weight is 264 g/mol. The lowest BCUT2D eigenvalue weighted by atomic mass is 9.96. The van der Waals surface area contributed by atoms with E-state index in [2.05, 4.69) is 39.5 Å². The van der Waals surface area contributed by atoms with Crippen molar-refractivity contribution in [3.8, 4) is 0 Å². The molecule has 1 saturated heterocycles. The average Bonchev–Trinajstić information content (AvgIpc) is 2.43. The molecule has 1 atom stereocenters. The molecule has 0 aromatic heterocycles. The van der Waals surface area contributed by atoms with Gasteiger partial charge in [0.2, 0.25) is 0 Å². The van der Waals surface area contributed by atoms with Gasteiger partial charge < -0.3 is 4.90 Å². The highest BCUT2D eigenvalue weighted by Crippen LogP contribution is 2.15. The van der Waals surface area contributed by atoms with Crippen molar-refractivity contribution in [1.82, 2.24) is 15.2 Å². The molecule has 0 bridgehead atoms. The summed E-state index contributed by atoms with van der Waals surface area (Å²) in [5, 5.41) is 4.08. The zero-order valence-corrected chi connectivity index (χ0v) is 11.7. The smallest absolute Gasteiger partial charge is 0.254 e. The lowest BCUT2D eigenvalue weighted by molar-refractivity contribution is -0.122. The largest absolute Gasteiger partial charge is 0.304 e. The SMILES string of the molecule is CN1CCN(CC(=O)N/N=C/C2CC=CCC2)CC1. The van der Waals surface area contributed by atoms with Crippen LogP contribution in [0.1, 0.15) is 19.3 Å². The van der Waals surface area contributed by atoms with Gasteiger partial charge in [-0.2, -0.15) is 5.10 Å². The number of likely N-dealkylation sites (N-methyl/N-ethyl adjacent to an activating group) is 1. The number of hydrazone groups is 1. The molecule has 1 aliphatic heterocycles. The Morgan fingerprint density at radius 2 is 2.16 bits per heavy atom. The molecule has 5 nitrogen and oxygen atoms in total. The summed E-state index contributed by atoms with van der Waals surface area (Å²) in [7, 11) is 2.11. The van der Waals surface area contributed by atoms with Crippen LogP contribution in [0.5, 0.6) is 0 Å². The second-order valence-electron chi connectivity index (χ2n) is 5.44. The molecule has 2 aliphatic rings. The minimum absolute atomic E-state index is 0.00726. The Morgan fingerprint density at radius 1 is 1.37 bits per heavy atom. The molecule has 5 heteroatoms. The maximum absolute atomic E-state index is 11.7. The molecule has 0 saturated carbocycles. The normalized spacial score (nSPS) is 25.8. The third-order valence-corrected chi connectivity index (χ3v) is 3.75. The molecule has 1 aliphatic carbocycles. The van der Waals surface area contributed by atoms with Crippen molar-refractivity contribution in [2.45, 2.75) is 19.3 Å². The number of hydrogen-bond acceptors (Lipinski definition) is 4. The molecule has 1 fully saturated rings. The highest BCUT2D eigenvalue weighted by Gasteiger charge is 2.16. The van der Waals surface area contributed by atoms with E-state index in [0.29, 0.717) is 12.5 Å². The number of nitrogens with zero attached hydrogens (tertiary/aromatic N) is 3. The van der Waals surface area contributed by atoms with E-state index < -0.39 is 0 Å². The second-order valence-corrected chi connectivity index (χ2v) is 5.44. The summed E-state index contributed by atoms with van der Waals surface area (Å²) in [6.45, 7) is 4.44. The predicted molar refractivity (Wildman–Crippen MR) is 77.1 cm³/mol. The number of nitrogens with one attached hydrogen (secondary N) is 1. The zero-order chi connectivity index (χ0) is 13.5. The highest BCUT2D eigenvalue weighted by atomic mass is 16.2. The van der Waals surface area contributed by atoms with Crippen LogP contribution in [0.15, 0.2) is 17.3 Å². The van der Waals surface area contributed by atoms with Crippen LogP contribution in [0.3, 0.4) is 0 Å². The minimum Gasteiger partial charge on any atom is -0.304 e. The Balaban J connectivity index is 1.64. The van der Waals surface area contributed by atoms with Gasteiger partial charge in [-0.3, -0.25) is 9.69 Å². The molecule has 0 aromatic carbocycles. The first kappa shape index (κ1) is 14.2. The number of amides is 1. The molecule has 1 N–H and O–H groups in total. The van der Waals surface area contributed by atoms with Crippen LogP contribution in [0.2, 0.25) is 0 Å². The van der Waals surface area contributed by atoms with Crippen LogP contribution in [-0.2, 0) is 4.79 Å². The van der Waals surface area contributed by atoms with Crippen molar-refractivity contribution in [2.75, 3.05) is 39.8 Å². The zero-order valence-electron chi connectivity index (χ0n) is 11.7. The van der Waals surface area contributed by atoms with Crippen molar-refractivity contribution in [3.63, 3.8) is 0 Å². The van der Waals surface area contributed by atoms with E-state index in [0.717, 1.165) is 45.4 Å². The molecule has 1 heterocycles. The fraction of sp³-hybridized carbons (Fsp3) is 0.714. The van der Waals surface area contributed by atoms with Gasteiger partial charge in [-0.25, -0.2) is 5.43 Å². The number of rotatable bonds is 4. The molecule has 19 heavy (non-hydrogen) atoms. The Morgan fingerprint density at radius 3 is 2.84 bits per heavy atom. The third-order valence-electron chi connectivity index (χ3n) is 3.75. The summed E-state index contributed by atoms with van der Waals surface area (Å²) in [5.74, 6) is 0.473. The monoisotopic (exact) mass is 264 g/mol. The topological polar surface area (TPSA) is 47.9 Å². The molecule has 106 valence electrons. The van der Waals surface area contributed by atoms with E-state index in [1.165, 1.54) is 0 Å². The standard InChI is InChI=1S/C14H24N4O/c1-17-7-9-18(10-8-17)12-14(19)16-15-11-13-5-3-2-4-6-13/h2-3,11,13H,4-10,12H2,1H3,(H,16,19)/b15-11+. The lowest BCUT2D eigenvalue weighted by Gasteiger charge is -2.31. The first-order valence-electron chi connectivity index (χ1n) is 7.12. The Bertz CT molecular complexity index is 345. The van der Waals surface area contributed by atoms with Gasteiger partial charge in [0.1, 0.15) is 0 Å². The Kier molecular flexibility index (Phi) is 5.54. The van der Waals surface area contributed by atoms with Crippen LogP contribution >= 0.6 is 0 Å². The second kappa shape index (κ2) is 7.40. The number of allylic oxidation sites excluding steroid dienone is 2. The van der Waals surface area contributed by atoms with Gasteiger partial charge in [-0.1, -0.05) is 12.2 Å². The van der Waals surface area contributed by atoms with Crippen molar-refractivity contribution in [2.24, 2.45) is 11.0 Å². The van der Waals surface area contributed by atoms with E-state index >= 15 is 0 Å². The van der Waals surface area contributed by atoms with Gasteiger partial charge in [0.05, 0.1) is 6.54 Å². The van der Waals surface area contributed by atoms with Gasteiger partial charge >= 0.3 is 0 Å². The summed E-state index contributed by atoms with van der Waals surface area (Å²) in [6, 6.07) is 0. The third kappa shape index (κ3) is 5.12. The van der Waals surface area contributed by atoms with Crippen molar-refractivity contribution in [3.05, 3.63) is 12.2 Å². The summed E-state index contributed by atoms with van der Waals surface area (Å²) >= 11 is 0. The Hall–Kier alpha value is -1.20. The molecule has 0 aromatic rings. The molecular formula is C14H24N4O. The van der Waals surface area contributed by atoms with E-state index in [-0.39, 0.29) is 5.91 Å². The van der Waals surface area contributed by atoms with Crippen molar-refractivity contribution >= 4 is 12.1 Å². The van der Waals surface area contributed by atoms with Gasteiger partial charge in [0.15, 0.2) is 0 Å². The molecule has 1 amide bonds. The highest BCUT2D eigenvalue weighted by molar-refractivity contribution is 5.78. The van der Waals surface area contributed by atoms with Gasteiger partial charge in [-0.15, -0.1) is 0 Å². The maximum atomic E-state index is 11.7. The first-order chi connectivity index (χ1) is 9.24. The van der Waals surface area contributed by atoms with E-state index in [1.807, 2.05) is 6.21 Å². The number of piperazine rings is 1. The van der Waals surface area contributed by atoms with Crippen LogP contribution in [-0.4, -0.2) is 61.7 Å². The van der Waals surface area contributed by atoms with Gasteiger partial charge in [-0.05, 0) is 32.2 Å². The lowest BCUT2D eigenvalue weighted by Crippen LogP contribution is -2.47. The summed E-state index contributed by atoms with van der Waals surface area (Å²) in [5.41, 5.74) is 2.64. The quantitative estimate of drug-likeness (QED) is 0.462. The number of carbonyl (C=O) groups is 1. The maximum Gasteiger partial charge on any atom is 0.254 e. The van der Waals surface area contributed by atoms with Crippen LogP contribution in [0, 0.1) is 5.92 Å². The van der Waals surface area contributed by atoms with Crippen molar-refractivity contribution in [1.29, 1.82) is 0 Å². The first-order valence-corrected chi connectivity index (χ1v) is 7.12. The number of carbonyl (C=O) groups excluding carboxylic acids is 1. The summed E-state index contributed by atoms with van der Waals surface area (Å²) in [6.07, 6.45) is 9.56. The molecule has 1 unspecified atom stereocenters. The number of hydrogen-bond donors (Lipinski definition) is 1. The van der Waals surface area contributed by atoms with E-state index in [9.17, 15) is 4.79 Å². The summed E-state index contributed by atoms with van der Waals surface area (Å²) in [4.78, 5) is 16.2. The van der Waals surface area contributed by atoms with Crippen LogP contribution < -0.4 is 5.43 Å². The molecule has 2 rings (SSSR count). The molecular weight excluding hydrogens is 240 g/mol. The fourth-order valence-electron chi connectivity index (χ4n) is 2.41. The van der Waals surface area contributed by atoms with Crippen LogP contribution in [0.25, 0.3) is 0 Å². The Labute approximate surface area is 115 Å². The fourth-order valence-corrected chi connectivity index (χ4v) is 2.41. The summed E-state index contributed by atoms with van der Waals surface area (Å²) < 4.78 is 0.